The van der Waals surface area contributed by atoms with Gasteiger partial charge in [0.2, 0.25) is 0 Å². The maximum Gasteiger partial charge on any atom is 0.416 e. The quantitative estimate of drug-likeness (QED) is 0.339. The van der Waals surface area contributed by atoms with Gasteiger partial charge in [-0.15, -0.1) is 0 Å². The molecular weight excluding hydrogens is 483 g/mol. The summed E-state index contributed by atoms with van der Waals surface area (Å²) < 4.78 is 71.6. The lowest BCUT2D eigenvalue weighted by Gasteiger charge is -2.37. The van der Waals surface area contributed by atoms with E-state index in [9.17, 15) is 26.7 Å². The van der Waals surface area contributed by atoms with Gasteiger partial charge in [-0.05, 0) is 61.6 Å². The number of carbonyl (C=O) groups is 1. The summed E-state index contributed by atoms with van der Waals surface area (Å²) >= 11 is -2.62. The molecule has 35 heavy (non-hydrogen) atoms. The molecule has 2 atom stereocenters. The smallest absolute Gasteiger partial charge is 0.416 e. The Hall–Kier alpha value is -3.18. The van der Waals surface area contributed by atoms with Crippen molar-refractivity contribution in [3.05, 3.63) is 71.5 Å². The van der Waals surface area contributed by atoms with E-state index in [1.54, 1.807) is 48.1 Å². The van der Waals surface area contributed by atoms with Crippen molar-refractivity contribution < 1.29 is 31.5 Å². The van der Waals surface area contributed by atoms with Crippen molar-refractivity contribution in [2.24, 2.45) is 0 Å². The molecule has 0 amide bonds. The highest BCUT2D eigenvalue weighted by atomic mass is 32.2. The van der Waals surface area contributed by atoms with E-state index in [1.807, 2.05) is 0 Å². The first-order valence-corrected chi connectivity index (χ1v) is 12.1. The average molecular weight is 507 g/mol. The lowest BCUT2D eigenvalue weighted by Crippen LogP contribution is -2.33. The molecule has 1 aliphatic rings. The molecule has 0 fully saturated rings. The van der Waals surface area contributed by atoms with E-state index in [-0.39, 0.29) is 13.2 Å². The molecule has 0 radical (unpaired) electrons. The number of carbonyl (C=O) groups excluding carboxylic acids is 1. The van der Waals surface area contributed by atoms with Crippen LogP contribution in [0.3, 0.4) is 0 Å². The monoisotopic (exact) mass is 506 g/mol. The largest absolute Gasteiger partial charge is 0.755 e. The van der Waals surface area contributed by atoms with Crippen LogP contribution in [0.5, 0.6) is 0 Å². The number of rotatable bonds is 7. The second-order valence-corrected chi connectivity index (χ2v) is 8.91. The van der Waals surface area contributed by atoms with Crippen molar-refractivity contribution in [2.75, 3.05) is 10.9 Å². The number of fused-ring (bicyclic) bond motifs is 1. The summed E-state index contributed by atoms with van der Waals surface area (Å²) in [6.45, 7) is 1.92. The molecular formula is C24H23F3N3O4S-. The third-order valence-corrected chi connectivity index (χ3v) is 6.69. The highest BCUT2D eigenvalue weighted by molar-refractivity contribution is 7.80. The van der Waals surface area contributed by atoms with Crippen LogP contribution in [0.4, 0.5) is 18.9 Å². The van der Waals surface area contributed by atoms with Gasteiger partial charge in [-0.3, -0.25) is 18.0 Å². The number of hydrogen-bond acceptors (Lipinski definition) is 5. The Morgan fingerprint density at radius 3 is 2.63 bits per heavy atom. The normalized spacial score (nSPS) is 16.4. The van der Waals surface area contributed by atoms with Crippen LogP contribution in [0.2, 0.25) is 0 Å². The first kappa shape index (κ1) is 24.9. The maximum absolute atomic E-state index is 13.1. The van der Waals surface area contributed by atoms with Crippen LogP contribution in [0.25, 0.3) is 11.1 Å². The molecule has 2 unspecified atom stereocenters. The molecule has 1 aromatic heterocycles. The average Bonchev–Trinajstić information content (AvgIpc) is 3.22. The minimum absolute atomic E-state index is 0.0535. The van der Waals surface area contributed by atoms with E-state index in [4.69, 9.17) is 4.74 Å². The van der Waals surface area contributed by atoms with Gasteiger partial charge in [0, 0.05) is 28.2 Å². The molecule has 0 N–H and O–H groups in total. The van der Waals surface area contributed by atoms with E-state index in [0.717, 1.165) is 17.8 Å². The van der Waals surface area contributed by atoms with E-state index >= 15 is 0 Å². The number of hydrogen-bond donors (Lipinski definition) is 0. The Morgan fingerprint density at radius 1 is 1.23 bits per heavy atom. The molecule has 7 nitrogen and oxygen atoms in total. The third kappa shape index (κ3) is 5.40. The van der Waals surface area contributed by atoms with Gasteiger partial charge >= 0.3 is 12.1 Å². The number of nitrogens with zero attached hydrogens (tertiary/aromatic N) is 3. The molecule has 186 valence electrons. The van der Waals surface area contributed by atoms with Crippen molar-refractivity contribution in [2.45, 2.75) is 44.9 Å². The highest BCUT2D eigenvalue weighted by Gasteiger charge is 2.32. The first-order valence-electron chi connectivity index (χ1n) is 11.1. The molecule has 0 aliphatic heterocycles. The summed E-state index contributed by atoms with van der Waals surface area (Å²) in [6.07, 6.45) is -0.972. The van der Waals surface area contributed by atoms with Crippen LogP contribution in [-0.4, -0.2) is 31.1 Å². The summed E-state index contributed by atoms with van der Waals surface area (Å²) in [4.78, 5) is 11.9. The summed E-state index contributed by atoms with van der Waals surface area (Å²) in [5, 5.41) is 4.28. The maximum atomic E-state index is 13.1. The van der Waals surface area contributed by atoms with Gasteiger partial charge in [-0.25, -0.2) is 0 Å². The standard InChI is InChI=1S/C24H24F3N3O4S/c1-2-34-23(31)15-29-21-7-4-8-22(20(21)14-28-29)30(35(32)33)19-11-9-16(10-12-19)17-5-3-6-18(13-17)24(25,26)27/h3,5-6,9-14,22H,2,4,7-8,15H2,1H3,(H,32,33)/p-1. The Bertz CT molecular complexity index is 1230. The Labute approximate surface area is 202 Å². The van der Waals surface area contributed by atoms with Crippen molar-refractivity contribution >= 4 is 22.9 Å². The first-order chi connectivity index (χ1) is 16.7. The van der Waals surface area contributed by atoms with Gasteiger partial charge in [0.05, 0.1) is 24.4 Å². The summed E-state index contributed by atoms with van der Waals surface area (Å²) in [5.41, 5.74) is 2.03. The second-order valence-electron chi connectivity index (χ2n) is 8.09. The van der Waals surface area contributed by atoms with Crippen LogP contribution >= 0.6 is 0 Å². The number of halogens is 3. The predicted octanol–water partition coefficient (Wildman–Crippen LogP) is 4.81. The van der Waals surface area contributed by atoms with Crippen LogP contribution in [0.1, 0.15) is 42.6 Å². The van der Waals surface area contributed by atoms with E-state index in [2.05, 4.69) is 5.10 Å². The van der Waals surface area contributed by atoms with E-state index < -0.39 is 35.0 Å². The molecule has 0 spiro atoms. The highest BCUT2D eigenvalue weighted by Crippen LogP contribution is 2.39. The number of ether oxygens (including phenoxy) is 1. The van der Waals surface area contributed by atoms with E-state index in [1.165, 1.54) is 10.4 Å². The summed E-state index contributed by atoms with van der Waals surface area (Å²) in [5.74, 6) is -0.421. The van der Waals surface area contributed by atoms with Gasteiger partial charge in [0.25, 0.3) is 0 Å². The fourth-order valence-electron chi connectivity index (χ4n) is 4.35. The van der Waals surface area contributed by atoms with Crippen molar-refractivity contribution in [3.63, 3.8) is 0 Å². The molecule has 0 saturated heterocycles. The van der Waals surface area contributed by atoms with Crippen LogP contribution in [0.15, 0.2) is 54.7 Å². The van der Waals surface area contributed by atoms with E-state index in [0.29, 0.717) is 41.6 Å². The number of aromatic nitrogens is 2. The third-order valence-electron chi connectivity index (χ3n) is 5.90. The second kappa shape index (κ2) is 10.2. The zero-order valence-electron chi connectivity index (χ0n) is 18.8. The lowest BCUT2D eigenvalue weighted by atomic mass is 9.92. The molecule has 11 heteroatoms. The van der Waals surface area contributed by atoms with Crippen molar-refractivity contribution in [3.8, 4) is 11.1 Å². The van der Waals surface area contributed by atoms with Crippen LogP contribution < -0.4 is 4.31 Å². The van der Waals surface area contributed by atoms with Crippen molar-refractivity contribution in [1.29, 1.82) is 0 Å². The molecule has 2 aromatic carbocycles. The van der Waals surface area contributed by atoms with Crippen LogP contribution in [0, 0.1) is 0 Å². The van der Waals surface area contributed by atoms with Gasteiger partial charge in [-0.2, -0.15) is 18.3 Å². The number of benzene rings is 2. The fourth-order valence-corrected chi connectivity index (χ4v) is 5.07. The molecule has 1 aliphatic carbocycles. The van der Waals surface area contributed by atoms with Crippen LogP contribution in [-0.2, 0) is 39.9 Å². The lowest BCUT2D eigenvalue weighted by molar-refractivity contribution is -0.144. The van der Waals surface area contributed by atoms with Gasteiger partial charge < -0.3 is 9.29 Å². The Kier molecular flexibility index (Phi) is 7.27. The minimum atomic E-state index is -4.46. The molecule has 0 saturated carbocycles. The Morgan fingerprint density at radius 2 is 1.97 bits per heavy atom. The van der Waals surface area contributed by atoms with Gasteiger partial charge in [-0.1, -0.05) is 24.3 Å². The Balaban J connectivity index is 1.62. The molecule has 1 heterocycles. The topological polar surface area (TPSA) is 87.5 Å². The number of anilines is 1. The summed E-state index contributed by atoms with van der Waals surface area (Å²) in [7, 11) is 0. The van der Waals surface area contributed by atoms with Crippen molar-refractivity contribution in [1.82, 2.24) is 9.78 Å². The minimum Gasteiger partial charge on any atom is -0.755 e. The zero-order chi connectivity index (χ0) is 25.2. The molecule has 3 aromatic rings. The van der Waals surface area contributed by atoms with Gasteiger partial charge in [0.1, 0.15) is 6.54 Å². The summed E-state index contributed by atoms with van der Waals surface area (Å²) in [6, 6.07) is 10.8. The SMILES string of the molecule is CCOC(=O)Cn1ncc2c1CCCC2N(c1ccc(-c2cccc(C(F)(F)F)c2)cc1)S(=O)[O-]. The fraction of sp³-hybridized carbons (Fsp3) is 0.333. The molecule has 4 rings (SSSR count). The molecule has 0 bridgehead atoms. The number of alkyl halides is 3. The van der Waals surface area contributed by atoms with Gasteiger partial charge in [0.15, 0.2) is 0 Å². The number of esters is 1. The predicted molar refractivity (Wildman–Crippen MR) is 123 cm³/mol. The zero-order valence-corrected chi connectivity index (χ0v) is 19.6.